The number of nitro benzene ring substituents is 1. The average molecular weight is 284 g/mol. The zero-order valence-electron chi connectivity index (χ0n) is 10.7. The maximum absolute atomic E-state index is 10.9. The molecule has 0 fully saturated rings. The van der Waals surface area contributed by atoms with Crippen LogP contribution in [0, 0.1) is 10.1 Å². The molecule has 0 aliphatic carbocycles. The molecule has 0 aliphatic heterocycles. The predicted octanol–water partition coefficient (Wildman–Crippen LogP) is 2.02. The number of thioether (sulfide) groups is 1. The van der Waals surface area contributed by atoms with Gasteiger partial charge < -0.3 is 10.8 Å². The summed E-state index contributed by atoms with van der Waals surface area (Å²) in [7, 11) is 0. The van der Waals surface area contributed by atoms with E-state index >= 15 is 0 Å². The number of nitro groups is 1. The molecular weight excluding hydrogens is 268 g/mol. The van der Waals surface area contributed by atoms with Gasteiger partial charge in [-0.25, -0.2) is 0 Å². The van der Waals surface area contributed by atoms with Crippen molar-refractivity contribution < 1.29 is 14.8 Å². The molecule has 19 heavy (non-hydrogen) atoms. The SMILES string of the molecule is CC(C)(SCc1ccccc1[N+](=O)[O-])[C@H](N)C(=O)O. The number of carbonyl (C=O) groups is 1. The number of carboxylic acids is 1. The third-order valence-electron chi connectivity index (χ3n) is 2.80. The standard InChI is InChI=1S/C12H16N2O4S/c1-12(2,10(13)11(15)16)19-7-8-5-3-4-6-9(8)14(17)18/h3-6,10H,7,13H2,1-2H3,(H,15,16)/t10-/m1/s1. The van der Waals surface area contributed by atoms with E-state index in [-0.39, 0.29) is 5.69 Å². The molecule has 0 amide bonds. The molecule has 6 nitrogen and oxygen atoms in total. The van der Waals surface area contributed by atoms with Gasteiger partial charge >= 0.3 is 5.97 Å². The summed E-state index contributed by atoms with van der Waals surface area (Å²) in [5.41, 5.74) is 6.20. The highest BCUT2D eigenvalue weighted by atomic mass is 32.2. The third-order valence-corrected chi connectivity index (χ3v) is 4.26. The van der Waals surface area contributed by atoms with Crippen LogP contribution in [-0.2, 0) is 10.5 Å². The third kappa shape index (κ3) is 3.93. The topological polar surface area (TPSA) is 106 Å². The first-order valence-corrected chi connectivity index (χ1v) is 6.59. The van der Waals surface area contributed by atoms with Gasteiger partial charge in [-0.1, -0.05) is 18.2 Å². The van der Waals surface area contributed by atoms with Crippen LogP contribution in [0.3, 0.4) is 0 Å². The Hall–Kier alpha value is -1.60. The minimum absolute atomic E-state index is 0.0368. The van der Waals surface area contributed by atoms with Gasteiger partial charge in [-0.2, -0.15) is 0 Å². The highest BCUT2D eigenvalue weighted by molar-refractivity contribution is 7.99. The van der Waals surface area contributed by atoms with Crippen molar-refractivity contribution in [2.45, 2.75) is 30.4 Å². The van der Waals surface area contributed by atoms with E-state index < -0.39 is 21.7 Å². The maximum atomic E-state index is 10.9. The van der Waals surface area contributed by atoms with Gasteiger partial charge in [-0.3, -0.25) is 14.9 Å². The predicted molar refractivity (Wildman–Crippen MR) is 74.1 cm³/mol. The summed E-state index contributed by atoms with van der Waals surface area (Å²) in [5.74, 6) is -0.745. The van der Waals surface area contributed by atoms with E-state index in [0.29, 0.717) is 11.3 Å². The Morgan fingerprint density at radius 2 is 2.11 bits per heavy atom. The van der Waals surface area contributed by atoms with Crippen molar-refractivity contribution in [3.05, 3.63) is 39.9 Å². The van der Waals surface area contributed by atoms with Gasteiger partial charge in [0, 0.05) is 22.1 Å². The van der Waals surface area contributed by atoms with E-state index in [1.807, 2.05) is 0 Å². The number of carboxylic acid groups (broad SMARTS) is 1. The number of aliphatic carboxylic acids is 1. The Bertz CT molecular complexity index is 490. The summed E-state index contributed by atoms with van der Waals surface area (Å²) in [6, 6.07) is 5.38. The van der Waals surface area contributed by atoms with Crippen LogP contribution in [0.2, 0.25) is 0 Å². The summed E-state index contributed by atoms with van der Waals surface area (Å²) in [6.45, 7) is 3.43. The second kappa shape index (κ2) is 6.03. The molecule has 0 bridgehead atoms. The fourth-order valence-electron chi connectivity index (χ4n) is 1.46. The monoisotopic (exact) mass is 284 g/mol. The van der Waals surface area contributed by atoms with Crippen molar-refractivity contribution in [1.82, 2.24) is 0 Å². The highest BCUT2D eigenvalue weighted by Crippen LogP contribution is 2.33. The Labute approximate surface area is 115 Å². The fourth-order valence-corrected chi connectivity index (χ4v) is 2.51. The van der Waals surface area contributed by atoms with Crippen molar-refractivity contribution in [3.63, 3.8) is 0 Å². The van der Waals surface area contributed by atoms with Gasteiger partial charge in [-0.15, -0.1) is 11.8 Å². The Morgan fingerprint density at radius 1 is 1.53 bits per heavy atom. The van der Waals surface area contributed by atoms with Gasteiger partial charge in [0.25, 0.3) is 5.69 Å². The van der Waals surface area contributed by atoms with Gasteiger partial charge in [0.2, 0.25) is 0 Å². The average Bonchev–Trinajstić information content (AvgIpc) is 2.35. The second-order valence-electron chi connectivity index (χ2n) is 4.59. The van der Waals surface area contributed by atoms with Crippen molar-refractivity contribution in [3.8, 4) is 0 Å². The number of nitrogens with zero attached hydrogens (tertiary/aromatic N) is 1. The molecule has 0 unspecified atom stereocenters. The van der Waals surface area contributed by atoms with Crippen molar-refractivity contribution in [2.75, 3.05) is 0 Å². The molecule has 0 spiro atoms. The second-order valence-corrected chi connectivity index (χ2v) is 6.22. The first-order valence-electron chi connectivity index (χ1n) is 5.60. The molecule has 1 rings (SSSR count). The smallest absolute Gasteiger partial charge is 0.321 e. The van der Waals surface area contributed by atoms with Crippen molar-refractivity contribution in [2.24, 2.45) is 5.73 Å². The Morgan fingerprint density at radius 3 is 2.63 bits per heavy atom. The minimum Gasteiger partial charge on any atom is -0.480 e. The molecule has 0 saturated carbocycles. The van der Waals surface area contributed by atoms with Gasteiger partial charge in [0.15, 0.2) is 0 Å². The first kappa shape index (κ1) is 15.5. The zero-order chi connectivity index (χ0) is 14.6. The maximum Gasteiger partial charge on any atom is 0.321 e. The summed E-state index contributed by atoms with van der Waals surface area (Å²) in [5, 5.41) is 19.8. The van der Waals surface area contributed by atoms with E-state index in [9.17, 15) is 14.9 Å². The van der Waals surface area contributed by atoms with E-state index in [4.69, 9.17) is 10.8 Å². The van der Waals surface area contributed by atoms with Gasteiger partial charge in [0.1, 0.15) is 6.04 Å². The van der Waals surface area contributed by atoms with E-state index in [0.717, 1.165) is 0 Å². The van der Waals surface area contributed by atoms with Crippen LogP contribution in [0.1, 0.15) is 19.4 Å². The zero-order valence-corrected chi connectivity index (χ0v) is 11.5. The van der Waals surface area contributed by atoms with Crippen molar-refractivity contribution >= 4 is 23.4 Å². The summed E-state index contributed by atoms with van der Waals surface area (Å²) < 4.78 is -0.713. The van der Waals surface area contributed by atoms with Crippen LogP contribution in [0.15, 0.2) is 24.3 Å². The molecule has 104 valence electrons. The molecule has 0 aliphatic rings. The minimum atomic E-state index is -1.08. The lowest BCUT2D eigenvalue weighted by Crippen LogP contribution is -2.46. The van der Waals surface area contributed by atoms with Crippen LogP contribution in [0.5, 0.6) is 0 Å². The summed E-state index contributed by atoms with van der Waals surface area (Å²) >= 11 is 1.29. The number of benzene rings is 1. The Balaban J connectivity index is 2.82. The molecule has 1 aromatic carbocycles. The molecule has 0 saturated heterocycles. The molecule has 0 heterocycles. The first-order chi connectivity index (χ1) is 8.75. The number of nitrogens with two attached hydrogens (primary N) is 1. The van der Waals surface area contributed by atoms with Gasteiger partial charge in [-0.05, 0) is 13.8 Å². The molecule has 0 radical (unpaired) electrons. The van der Waals surface area contributed by atoms with Crippen LogP contribution in [-0.4, -0.2) is 26.8 Å². The molecule has 1 atom stereocenters. The van der Waals surface area contributed by atoms with Crippen LogP contribution in [0.25, 0.3) is 0 Å². The summed E-state index contributed by atoms with van der Waals surface area (Å²) in [4.78, 5) is 21.3. The quantitative estimate of drug-likeness (QED) is 0.611. The lowest BCUT2D eigenvalue weighted by Gasteiger charge is -2.27. The van der Waals surface area contributed by atoms with E-state index in [1.165, 1.54) is 17.8 Å². The van der Waals surface area contributed by atoms with E-state index in [2.05, 4.69) is 0 Å². The normalized spacial score (nSPS) is 13.0. The number of hydrogen-bond donors (Lipinski definition) is 2. The number of rotatable bonds is 6. The molecular formula is C12H16N2O4S. The lowest BCUT2D eigenvalue weighted by molar-refractivity contribution is -0.385. The number of para-hydroxylation sites is 1. The Kier molecular flexibility index (Phi) is 4.90. The molecule has 7 heteroatoms. The fraction of sp³-hybridized carbons (Fsp3) is 0.417. The van der Waals surface area contributed by atoms with Crippen molar-refractivity contribution in [1.29, 1.82) is 0 Å². The van der Waals surface area contributed by atoms with Gasteiger partial charge in [0.05, 0.1) is 4.92 Å². The van der Waals surface area contributed by atoms with Crippen LogP contribution >= 0.6 is 11.8 Å². The van der Waals surface area contributed by atoms with E-state index in [1.54, 1.807) is 32.0 Å². The highest BCUT2D eigenvalue weighted by Gasteiger charge is 2.33. The molecule has 0 aromatic heterocycles. The lowest BCUT2D eigenvalue weighted by atomic mass is 10.1. The van der Waals surface area contributed by atoms with Crippen LogP contribution < -0.4 is 5.73 Å². The summed E-state index contributed by atoms with van der Waals surface area (Å²) in [6.07, 6.45) is 0. The number of hydrogen-bond acceptors (Lipinski definition) is 5. The molecule has 3 N–H and O–H groups in total. The van der Waals surface area contributed by atoms with Crippen LogP contribution in [0.4, 0.5) is 5.69 Å². The largest absolute Gasteiger partial charge is 0.480 e. The molecule has 1 aromatic rings.